The van der Waals surface area contributed by atoms with Gasteiger partial charge in [0.1, 0.15) is 5.75 Å². The van der Waals surface area contributed by atoms with E-state index in [1.54, 1.807) is 24.3 Å². The van der Waals surface area contributed by atoms with E-state index in [0.29, 0.717) is 37.1 Å². The zero-order valence-corrected chi connectivity index (χ0v) is 19.9. The minimum atomic E-state index is -3.73. The van der Waals surface area contributed by atoms with Crippen LogP contribution in [0.25, 0.3) is 0 Å². The van der Waals surface area contributed by atoms with Crippen LogP contribution in [0.2, 0.25) is 0 Å². The molecule has 1 saturated heterocycles. The van der Waals surface area contributed by atoms with Crippen molar-refractivity contribution in [1.29, 1.82) is 0 Å². The summed E-state index contributed by atoms with van der Waals surface area (Å²) in [6.45, 7) is 6.98. The Hall–Kier alpha value is -2.82. The Morgan fingerprint density at radius 1 is 1.06 bits per heavy atom. The fourth-order valence-corrected chi connectivity index (χ4v) is 4.67. The number of carbonyl (C=O) groups excluding carboxylic acids is 1. The molecule has 0 radical (unpaired) electrons. The van der Waals surface area contributed by atoms with E-state index in [9.17, 15) is 13.2 Å². The number of hydrogen-bond acceptors (Lipinski definition) is 7. The molecule has 10 heteroatoms. The van der Waals surface area contributed by atoms with E-state index in [1.807, 2.05) is 26.8 Å². The second-order valence-electron chi connectivity index (χ2n) is 7.56. The third-order valence-electron chi connectivity index (χ3n) is 4.70. The van der Waals surface area contributed by atoms with Crippen molar-refractivity contribution in [3.05, 3.63) is 42.5 Å². The van der Waals surface area contributed by atoms with Crippen molar-refractivity contribution in [2.75, 3.05) is 44.8 Å². The number of morpholine rings is 1. The Labute approximate surface area is 194 Å². The molecule has 0 bridgehead atoms. The molecule has 0 saturated carbocycles. The summed E-state index contributed by atoms with van der Waals surface area (Å²) < 4.78 is 49.6. The Morgan fingerprint density at radius 2 is 1.73 bits per heavy atom. The van der Waals surface area contributed by atoms with Gasteiger partial charge in [-0.2, -0.15) is 4.31 Å². The monoisotopic (exact) mass is 478 g/mol. The first-order chi connectivity index (χ1) is 15.8. The van der Waals surface area contributed by atoms with E-state index in [-0.39, 0.29) is 36.4 Å². The lowest BCUT2D eigenvalue weighted by molar-refractivity contribution is -0.118. The zero-order chi connectivity index (χ0) is 23.8. The highest BCUT2D eigenvalue weighted by Gasteiger charge is 2.27. The maximum Gasteiger partial charge on any atom is 0.262 e. The predicted octanol–water partition coefficient (Wildman–Crippen LogP) is 2.91. The van der Waals surface area contributed by atoms with Crippen LogP contribution in [-0.4, -0.2) is 64.3 Å². The number of nitrogens with one attached hydrogen (secondary N) is 1. The molecule has 1 aliphatic rings. The molecule has 1 heterocycles. The van der Waals surface area contributed by atoms with Gasteiger partial charge >= 0.3 is 0 Å². The number of rotatable bonds is 10. The molecule has 0 atom stereocenters. The van der Waals surface area contributed by atoms with Crippen LogP contribution in [0, 0.1) is 0 Å². The van der Waals surface area contributed by atoms with Gasteiger partial charge in [0.25, 0.3) is 5.91 Å². The van der Waals surface area contributed by atoms with Gasteiger partial charge in [-0.15, -0.1) is 0 Å². The zero-order valence-electron chi connectivity index (χ0n) is 19.1. The molecule has 0 unspecified atom stereocenters. The minimum absolute atomic E-state index is 0.0680. The lowest BCUT2D eigenvalue weighted by Crippen LogP contribution is -2.40. The lowest BCUT2D eigenvalue weighted by atomic mass is 10.2. The van der Waals surface area contributed by atoms with Crippen LogP contribution in [0.4, 0.5) is 5.69 Å². The summed E-state index contributed by atoms with van der Waals surface area (Å²) in [4.78, 5) is 12.7. The standard InChI is InChI=1S/C23H30N2O7S/c1-4-30-21-7-5-6-8-22(21)31-16-23(26)24-19-15-18(9-10-20(19)32-17(2)3)33(27,28)25-11-13-29-14-12-25/h5-10,15,17H,4,11-14,16H2,1-3H3,(H,24,26). The Morgan fingerprint density at radius 3 is 2.36 bits per heavy atom. The van der Waals surface area contributed by atoms with Gasteiger partial charge in [-0.3, -0.25) is 4.79 Å². The van der Waals surface area contributed by atoms with Crippen molar-refractivity contribution in [3.63, 3.8) is 0 Å². The average molecular weight is 479 g/mol. The van der Waals surface area contributed by atoms with Crippen LogP contribution in [0.1, 0.15) is 20.8 Å². The van der Waals surface area contributed by atoms with Gasteiger partial charge in [0.2, 0.25) is 10.0 Å². The average Bonchev–Trinajstić information content (AvgIpc) is 2.80. The number of benzene rings is 2. The van der Waals surface area contributed by atoms with Gasteiger partial charge in [-0.1, -0.05) is 12.1 Å². The second-order valence-corrected chi connectivity index (χ2v) is 9.50. The van der Waals surface area contributed by atoms with Crippen LogP contribution in [0.15, 0.2) is 47.4 Å². The molecule has 2 aromatic carbocycles. The van der Waals surface area contributed by atoms with E-state index in [2.05, 4.69) is 5.32 Å². The quantitative estimate of drug-likeness (QED) is 0.560. The van der Waals surface area contributed by atoms with Gasteiger partial charge in [-0.25, -0.2) is 8.42 Å². The van der Waals surface area contributed by atoms with Gasteiger partial charge < -0.3 is 24.3 Å². The maximum atomic E-state index is 13.0. The topological polar surface area (TPSA) is 103 Å². The molecule has 1 aliphatic heterocycles. The summed E-state index contributed by atoms with van der Waals surface area (Å²) in [5, 5.41) is 2.72. The maximum absolute atomic E-state index is 13.0. The molecule has 2 aromatic rings. The fraction of sp³-hybridized carbons (Fsp3) is 0.435. The Kier molecular flexibility index (Phi) is 8.54. The number of sulfonamides is 1. The lowest BCUT2D eigenvalue weighted by Gasteiger charge is -2.26. The SMILES string of the molecule is CCOc1ccccc1OCC(=O)Nc1cc(S(=O)(=O)N2CCOCC2)ccc1OC(C)C. The highest BCUT2D eigenvalue weighted by molar-refractivity contribution is 7.89. The largest absolute Gasteiger partial charge is 0.490 e. The number of carbonyl (C=O) groups is 1. The van der Waals surface area contributed by atoms with Crippen molar-refractivity contribution in [1.82, 2.24) is 4.31 Å². The van der Waals surface area contributed by atoms with Gasteiger partial charge in [0, 0.05) is 13.1 Å². The van der Waals surface area contributed by atoms with Crippen molar-refractivity contribution in [2.24, 2.45) is 0 Å². The molecule has 0 aliphatic carbocycles. The van der Waals surface area contributed by atoms with Crippen molar-refractivity contribution in [2.45, 2.75) is 31.8 Å². The first-order valence-corrected chi connectivity index (χ1v) is 12.3. The van der Waals surface area contributed by atoms with E-state index >= 15 is 0 Å². The predicted molar refractivity (Wildman–Crippen MR) is 124 cm³/mol. The summed E-state index contributed by atoms with van der Waals surface area (Å²) >= 11 is 0. The number of para-hydroxylation sites is 2. The number of hydrogen-bond donors (Lipinski definition) is 1. The summed E-state index contributed by atoms with van der Waals surface area (Å²) in [6, 6.07) is 11.5. The van der Waals surface area contributed by atoms with Crippen molar-refractivity contribution < 1.29 is 32.2 Å². The van der Waals surface area contributed by atoms with E-state index in [0.717, 1.165) is 0 Å². The molecule has 1 amide bonds. The molecule has 3 rings (SSSR count). The van der Waals surface area contributed by atoms with Crippen LogP contribution in [0.5, 0.6) is 17.2 Å². The summed E-state index contributed by atoms with van der Waals surface area (Å²) in [7, 11) is -3.73. The number of anilines is 1. The van der Waals surface area contributed by atoms with Gasteiger partial charge in [0.15, 0.2) is 18.1 Å². The first-order valence-electron chi connectivity index (χ1n) is 10.8. The van der Waals surface area contributed by atoms with Gasteiger partial charge in [-0.05, 0) is 51.1 Å². The molecule has 33 heavy (non-hydrogen) atoms. The molecule has 9 nitrogen and oxygen atoms in total. The van der Waals surface area contributed by atoms with Crippen LogP contribution < -0.4 is 19.5 Å². The highest BCUT2D eigenvalue weighted by Crippen LogP contribution is 2.31. The summed E-state index contributed by atoms with van der Waals surface area (Å²) in [6.07, 6.45) is -0.170. The minimum Gasteiger partial charge on any atom is -0.490 e. The molecule has 1 N–H and O–H groups in total. The molecule has 0 aromatic heterocycles. The van der Waals surface area contributed by atoms with Crippen LogP contribution in [0.3, 0.4) is 0 Å². The molecule has 180 valence electrons. The number of nitrogens with zero attached hydrogens (tertiary/aromatic N) is 1. The Bertz CT molecular complexity index is 1050. The van der Waals surface area contributed by atoms with Crippen LogP contribution in [-0.2, 0) is 19.6 Å². The fourth-order valence-electron chi connectivity index (χ4n) is 3.23. The Balaban J connectivity index is 1.78. The van der Waals surface area contributed by atoms with E-state index in [1.165, 1.54) is 16.4 Å². The summed E-state index contributed by atoms with van der Waals surface area (Å²) in [5.74, 6) is 0.886. The number of ether oxygens (including phenoxy) is 4. The van der Waals surface area contributed by atoms with E-state index in [4.69, 9.17) is 18.9 Å². The van der Waals surface area contributed by atoms with E-state index < -0.39 is 15.9 Å². The van der Waals surface area contributed by atoms with Crippen molar-refractivity contribution in [3.8, 4) is 17.2 Å². The molecule has 0 spiro atoms. The molecular formula is C23H30N2O7S. The first kappa shape index (κ1) is 24.8. The molecule has 1 fully saturated rings. The number of amides is 1. The highest BCUT2D eigenvalue weighted by atomic mass is 32.2. The van der Waals surface area contributed by atoms with Crippen molar-refractivity contribution >= 4 is 21.6 Å². The van der Waals surface area contributed by atoms with Crippen LogP contribution >= 0.6 is 0 Å². The normalized spacial score (nSPS) is 14.7. The second kappa shape index (κ2) is 11.4. The third kappa shape index (κ3) is 6.59. The summed E-state index contributed by atoms with van der Waals surface area (Å²) in [5.41, 5.74) is 0.254. The third-order valence-corrected chi connectivity index (χ3v) is 6.60. The molecular weight excluding hydrogens is 448 g/mol. The van der Waals surface area contributed by atoms with Gasteiger partial charge in [0.05, 0.1) is 36.5 Å². The smallest absolute Gasteiger partial charge is 0.262 e.